The Morgan fingerprint density at radius 1 is 0.875 bits per heavy atom. The quantitative estimate of drug-likeness (QED) is 0.170. The van der Waals surface area contributed by atoms with Crippen molar-refractivity contribution in [1.82, 2.24) is 15.0 Å². The predicted molar refractivity (Wildman–Crippen MR) is 57.3 cm³/mol. The minimum atomic E-state index is -4.64. The summed E-state index contributed by atoms with van der Waals surface area (Å²) in [5.41, 5.74) is 15.4. The Balaban J connectivity index is -0.000000214. The molecule has 0 aliphatic rings. The van der Waals surface area contributed by atoms with Gasteiger partial charge in [-0.05, 0) is 0 Å². The Morgan fingerprint density at radius 2 is 1.00 bits per heavy atom. The summed E-state index contributed by atoms with van der Waals surface area (Å²) in [6.07, 6.45) is 0. The number of hydrogen-bond donors (Lipinski definition) is 6. The van der Waals surface area contributed by atoms with Crippen LogP contribution in [0.2, 0.25) is 0 Å². The molecule has 1 aromatic heterocycles. The molecule has 0 spiro atoms. The van der Waals surface area contributed by atoms with Crippen LogP contribution < -0.4 is 17.2 Å². The molecule has 0 saturated carbocycles. The minimum absolute atomic E-state index is 0. The molecule has 0 aliphatic heterocycles. The molecular formula is C3H12AlAuN6O4P. The Bertz CT molecular complexity index is 303. The topological polar surface area (TPSA) is 194 Å². The third-order valence-corrected chi connectivity index (χ3v) is 0.687. The summed E-state index contributed by atoms with van der Waals surface area (Å²) in [6.45, 7) is 0. The standard InChI is InChI=1S/C3H6N6.Al.Au.H3O4P.3H/c4-1-7-2(5)9-3(6)8-1;;;1-5(2,3)4;;;/h(H6,4,5,6,7,8,9);;;(H3,1,2,3,4);;;. The van der Waals surface area contributed by atoms with Crippen molar-refractivity contribution < 1.29 is 41.6 Å². The van der Waals surface area contributed by atoms with Gasteiger partial charge in [-0.15, -0.1) is 0 Å². The Morgan fingerprint density at radius 3 is 1.12 bits per heavy atom. The Hall–Kier alpha value is -0.207. The van der Waals surface area contributed by atoms with Gasteiger partial charge in [0.2, 0.25) is 17.8 Å². The number of anilines is 3. The van der Waals surface area contributed by atoms with Crippen molar-refractivity contribution in [2.45, 2.75) is 0 Å². The average Bonchev–Trinajstić information content (AvgIpc) is 1.77. The van der Waals surface area contributed by atoms with Crippen LogP contribution in [-0.4, -0.2) is 47.0 Å². The molecule has 0 bridgehead atoms. The largest absolute Gasteiger partial charge is 0.466 e. The summed E-state index contributed by atoms with van der Waals surface area (Å²) in [4.78, 5) is 32.0. The van der Waals surface area contributed by atoms with Crippen LogP contribution >= 0.6 is 7.82 Å². The molecule has 1 rings (SSSR count). The molecule has 0 aromatic carbocycles. The van der Waals surface area contributed by atoms with Crippen LogP contribution in [0.5, 0.6) is 0 Å². The van der Waals surface area contributed by atoms with Gasteiger partial charge in [-0.25, -0.2) is 4.57 Å². The van der Waals surface area contributed by atoms with Crippen molar-refractivity contribution in [2.75, 3.05) is 17.2 Å². The summed E-state index contributed by atoms with van der Waals surface area (Å²) in [5.74, 6) is 0.125. The second-order valence-corrected chi connectivity index (χ2v) is 2.95. The molecule has 1 radical (unpaired) electrons. The smallest absolute Gasteiger partial charge is 0.368 e. The van der Waals surface area contributed by atoms with Crippen LogP contribution in [0.4, 0.5) is 17.8 Å². The van der Waals surface area contributed by atoms with Crippen LogP contribution in [-0.2, 0) is 26.9 Å². The van der Waals surface area contributed by atoms with Crippen molar-refractivity contribution in [1.29, 1.82) is 0 Å². The number of nitrogens with two attached hydrogens (primary N) is 3. The first kappa shape index (κ1) is 21.1. The van der Waals surface area contributed by atoms with Crippen LogP contribution in [0.3, 0.4) is 0 Å². The molecule has 0 saturated heterocycles. The van der Waals surface area contributed by atoms with Gasteiger partial charge in [-0.1, -0.05) is 0 Å². The summed E-state index contributed by atoms with van der Waals surface area (Å²) >= 11 is 0. The van der Waals surface area contributed by atoms with Gasteiger partial charge in [0, 0.05) is 22.4 Å². The van der Waals surface area contributed by atoms with E-state index in [1.54, 1.807) is 0 Å². The predicted octanol–water partition coefficient (Wildman–Crippen LogP) is -3.50. The van der Waals surface area contributed by atoms with Crippen LogP contribution in [0.25, 0.3) is 0 Å². The van der Waals surface area contributed by atoms with E-state index in [9.17, 15) is 0 Å². The van der Waals surface area contributed by atoms with E-state index in [4.69, 9.17) is 36.4 Å². The maximum absolute atomic E-state index is 8.88. The SMILES string of the molecule is Nc1nc(N)nc(N)n1.O=P(O)(O)O.[AlH3].[Au]. The van der Waals surface area contributed by atoms with Crippen LogP contribution in [0.15, 0.2) is 0 Å². The molecule has 13 heteroatoms. The summed E-state index contributed by atoms with van der Waals surface area (Å²) < 4.78 is 8.88. The van der Waals surface area contributed by atoms with Gasteiger partial charge in [0.15, 0.2) is 17.4 Å². The van der Waals surface area contributed by atoms with E-state index in [1.165, 1.54) is 0 Å². The van der Waals surface area contributed by atoms with Crippen molar-refractivity contribution in [3.05, 3.63) is 0 Å². The molecule has 0 unspecified atom stereocenters. The third kappa shape index (κ3) is 16.2. The summed E-state index contributed by atoms with van der Waals surface area (Å²) in [7, 11) is -4.64. The monoisotopic (exact) mass is 451 g/mol. The van der Waals surface area contributed by atoms with Crippen LogP contribution in [0.1, 0.15) is 0 Å². The first-order valence-corrected chi connectivity index (χ1v) is 4.56. The van der Waals surface area contributed by atoms with Crippen molar-refractivity contribution in [2.24, 2.45) is 0 Å². The van der Waals surface area contributed by atoms with Crippen molar-refractivity contribution in [3.8, 4) is 0 Å². The number of rotatable bonds is 0. The van der Waals surface area contributed by atoms with Gasteiger partial charge >= 0.3 is 7.82 Å². The molecule has 0 atom stereocenters. The van der Waals surface area contributed by atoms with E-state index in [1.807, 2.05) is 0 Å². The molecule has 0 aliphatic carbocycles. The number of aromatic nitrogens is 3. The van der Waals surface area contributed by atoms with Gasteiger partial charge in [0.05, 0.1) is 0 Å². The molecule has 97 valence electrons. The normalized spacial score (nSPS) is 8.94. The van der Waals surface area contributed by atoms with E-state index >= 15 is 0 Å². The van der Waals surface area contributed by atoms with Gasteiger partial charge < -0.3 is 31.9 Å². The van der Waals surface area contributed by atoms with Gasteiger partial charge in [-0.2, -0.15) is 15.0 Å². The summed E-state index contributed by atoms with van der Waals surface area (Å²) in [5, 5.41) is 0. The fourth-order valence-electron chi connectivity index (χ4n) is 0.427. The number of nitrogens with zero attached hydrogens (tertiary/aromatic N) is 3. The molecular weight excluding hydrogens is 439 g/mol. The first-order valence-electron chi connectivity index (χ1n) is 2.99. The minimum Gasteiger partial charge on any atom is -0.368 e. The molecule has 10 nitrogen and oxygen atoms in total. The molecule has 16 heavy (non-hydrogen) atoms. The van der Waals surface area contributed by atoms with E-state index in [2.05, 4.69) is 15.0 Å². The van der Waals surface area contributed by atoms with E-state index in [0.29, 0.717) is 0 Å². The number of hydrogen-bond acceptors (Lipinski definition) is 7. The zero-order valence-electron chi connectivity index (χ0n) is 7.07. The Kier molecular flexibility index (Phi) is 11.7. The van der Waals surface area contributed by atoms with Crippen LogP contribution in [0, 0.1) is 0 Å². The third-order valence-electron chi connectivity index (χ3n) is 0.687. The average molecular weight is 451 g/mol. The molecule has 9 N–H and O–H groups in total. The molecule has 1 heterocycles. The zero-order valence-corrected chi connectivity index (χ0v) is 10.1. The second kappa shape index (κ2) is 8.89. The van der Waals surface area contributed by atoms with E-state index in [0.717, 1.165) is 0 Å². The van der Waals surface area contributed by atoms with Crippen molar-refractivity contribution >= 4 is 43.0 Å². The molecule has 1 aromatic rings. The van der Waals surface area contributed by atoms with E-state index < -0.39 is 7.82 Å². The fraction of sp³-hybridized carbons (Fsp3) is 0. The number of phosphoric acid groups is 1. The maximum Gasteiger partial charge on any atom is 0.466 e. The number of nitrogen functional groups attached to an aromatic ring is 3. The van der Waals surface area contributed by atoms with Crippen molar-refractivity contribution in [3.63, 3.8) is 0 Å². The fourth-order valence-corrected chi connectivity index (χ4v) is 0.427. The van der Waals surface area contributed by atoms with E-state index in [-0.39, 0.29) is 57.6 Å². The molecule has 0 fully saturated rings. The van der Waals surface area contributed by atoms with Gasteiger partial charge in [0.25, 0.3) is 0 Å². The second-order valence-electron chi connectivity index (χ2n) is 1.92. The first-order chi connectivity index (χ1) is 6.18. The maximum atomic E-state index is 8.88. The van der Waals surface area contributed by atoms with Gasteiger partial charge in [0.1, 0.15) is 0 Å². The zero-order chi connectivity index (χ0) is 11.4. The Labute approximate surface area is 117 Å². The molecule has 0 amide bonds. The van der Waals surface area contributed by atoms with Gasteiger partial charge in [-0.3, -0.25) is 0 Å². The summed E-state index contributed by atoms with van der Waals surface area (Å²) in [6, 6.07) is 0.